The van der Waals surface area contributed by atoms with Crippen LogP contribution in [0.15, 0.2) is 65.7 Å². The van der Waals surface area contributed by atoms with Crippen LogP contribution >= 0.6 is 24.0 Å². The fraction of sp³-hybridized carbons (Fsp3) is 0.316. The maximum atomic E-state index is 5.82. The van der Waals surface area contributed by atoms with Crippen molar-refractivity contribution < 1.29 is 9.47 Å². The number of hydrogen-bond acceptors (Lipinski definition) is 3. The van der Waals surface area contributed by atoms with E-state index >= 15 is 0 Å². The molecular formula is C19H26IN3O2. The maximum absolute atomic E-state index is 5.82. The minimum absolute atomic E-state index is 0. The van der Waals surface area contributed by atoms with E-state index in [4.69, 9.17) is 15.2 Å². The molecule has 0 saturated heterocycles. The average molecular weight is 455 g/mol. The largest absolute Gasteiger partial charge is 0.379 e. The van der Waals surface area contributed by atoms with Crippen LogP contribution in [-0.4, -0.2) is 32.3 Å². The summed E-state index contributed by atoms with van der Waals surface area (Å²) in [5, 5.41) is 3.04. The molecule has 0 aliphatic carbocycles. The highest BCUT2D eigenvalue weighted by molar-refractivity contribution is 14.0. The van der Waals surface area contributed by atoms with Gasteiger partial charge in [0.15, 0.2) is 5.96 Å². The molecule has 25 heavy (non-hydrogen) atoms. The van der Waals surface area contributed by atoms with Crippen molar-refractivity contribution in [3.63, 3.8) is 0 Å². The molecule has 2 rings (SSSR count). The Morgan fingerprint density at radius 1 is 0.880 bits per heavy atom. The summed E-state index contributed by atoms with van der Waals surface area (Å²) < 4.78 is 11.1. The lowest BCUT2D eigenvalue weighted by molar-refractivity contribution is 0.0403. The van der Waals surface area contributed by atoms with Crippen LogP contribution in [0.4, 0.5) is 5.69 Å². The molecule has 0 saturated carbocycles. The van der Waals surface area contributed by atoms with Crippen molar-refractivity contribution in [2.75, 3.05) is 31.7 Å². The fourth-order valence-corrected chi connectivity index (χ4v) is 2.06. The smallest absolute Gasteiger partial charge is 0.193 e. The van der Waals surface area contributed by atoms with Crippen molar-refractivity contribution >= 4 is 35.6 Å². The van der Waals surface area contributed by atoms with E-state index in [1.807, 2.05) is 60.7 Å². The van der Waals surface area contributed by atoms with Gasteiger partial charge in [-0.25, -0.2) is 0 Å². The molecule has 0 aromatic heterocycles. The molecule has 3 N–H and O–H groups in total. The Morgan fingerprint density at radius 2 is 1.52 bits per heavy atom. The number of anilines is 1. The minimum Gasteiger partial charge on any atom is -0.379 e. The van der Waals surface area contributed by atoms with Gasteiger partial charge in [0, 0.05) is 18.8 Å². The standard InChI is InChI=1S/C19H25N3O2.HI/c20-19(22-18-10-5-2-6-11-18)21-12-7-13-23-14-15-24-16-17-8-3-1-4-9-17;/h1-6,8-11H,7,12-16H2,(H3,20,21,22);1H. The molecule has 0 fully saturated rings. The molecule has 2 aromatic rings. The summed E-state index contributed by atoms with van der Waals surface area (Å²) >= 11 is 0. The number of para-hydroxylation sites is 1. The van der Waals surface area contributed by atoms with Crippen molar-refractivity contribution in [1.82, 2.24) is 0 Å². The summed E-state index contributed by atoms with van der Waals surface area (Å²) in [6.07, 6.45) is 0.829. The first-order valence-electron chi connectivity index (χ1n) is 8.16. The molecule has 0 aliphatic heterocycles. The number of aliphatic imine (C=N–C) groups is 1. The number of rotatable bonds is 10. The molecule has 0 aliphatic rings. The van der Waals surface area contributed by atoms with E-state index in [-0.39, 0.29) is 24.0 Å². The predicted molar refractivity (Wildman–Crippen MR) is 114 cm³/mol. The van der Waals surface area contributed by atoms with Gasteiger partial charge in [0.2, 0.25) is 0 Å². The summed E-state index contributed by atoms with van der Waals surface area (Å²) in [5.41, 5.74) is 7.93. The summed E-state index contributed by atoms with van der Waals surface area (Å²) in [6, 6.07) is 19.9. The van der Waals surface area contributed by atoms with Crippen LogP contribution in [0.2, 0.25) is 0 Å². The second kappa shape index (κ2) is 13.6. The number of nitrogens with zero attached hydrogens (tertiary/aromatic N) is 1. The molecule has 5 nitrogen and oxygen atoms in total. The molecule has 0 atom stereocenters. The monoisotopic (exact) mass is 455 g/mol. The van der Waals surface area contributed by atoms with Gasteiger partial charge in [-0.1, -0.05) is 48.5 Å². The van der Waals surface area contributed by atoms with E-state index in [1.54, 1.807) is 0 Å². The van der Waals surface area contributed by atoms with Crippen molar-refractivity contribution in [2.24, 2.45) is 10.7 Å². The third kappa shape index (κ3) is 10.1. The number of guanidine groups is 1. The summed E-state index contributed by atoms with van der Waals surface area (Å²) in [5.74, 6) is 0.424. The van der Waals surface area contributed by atoms with Crippen LogP contribution in [0.3, 0.4) is 0 Å². The van der Waals surface area contributed by atoms with Gasteiger partial charge in [-0.3, -0.25) is 4.99 Å². The molecule has 0 amide bonds. The fourth-order valence-electron chi connectivity index (χ4n) is 2.06. The van der Waals surface area contributed by atoms with E-state index in [0.29, 0.717) is 38.9 Å². The molecule has 0 heterocycles. The summed E-state index contributed by atoms with van der Waals surface area (Å²) in [7, 11) is 0. The van der Waals surface area contributed by atoms with Crippen molar-refractivity contribution in [3.8, 4) is 0 Å². The van der Waals surface area contributed by atoms with Gasteiger partial charge in [-0.2, -0.15) is 0 Å². The topological polar surface area (TPSA) is 68.9 Å². The molecule has 6 heteroatoms. The van der Waals surface area contributed by atoms with Crippen LogP contribution in [-0.2, 0) is 16.1 Å². The minimum atomic E-state index is 0. The number of nitrogens with two attached hydrogens (primary N) is 1. The van der Waals surface area contributed by atoms with Gasteiger partial charge in [0.1, 0.15) is 0 Å². The maximum Gasteiger partial charge on any atom is 0.193 e. The lowest BCUT2D eigenvalue weighted by Gasteiger charge is -2.06. The van der Waals surface area contributed by atoms with Crippen LogP contribution in [0.5, 0.6) is 0 Å². The quantitative estimate of drug-likeness (QED) is 0.248. The first kappa shape index (κ1) is 21.4. The summed E-state index contributed by atoms with van der Waals surface area (Å²) in [6.45, 7) is 3.09. The van der Waals surface area contributed by atoms with E-state index in [1.165, 1.54) is 5.56 Å². The van der Waals surface area contributed by atoms with E-state index in [0.717, 1.165) is 12.1 Å². The van der Waals surface area contributed by atoms with E-state index in [9.17, 15) is 0 Å². The van der Waals surface area contributed by atoms with Gasteiger partial charge >= 0.3 is 0 Å². The van der Waals surface area contributed by atoms with Crippen LogP contribution in [0.1, 0.15) is 12.0 Å². The van der Waals surface area contributed by atoms with Crippen LogP contribution in [0, 0.1) is 0 Å². The zero-order valence-electron chi connectivity index (χ0n) is 14.3. The predicted octanol–water partition coefficient (Wildman–Crippen LogP) is 3.65. The normalized spacial score (nSPS) is 11.0. The van der Waals surface area contributed by atoms with Gasteiger partial charge < -0.3 is 20.5 Å². The Balaban J connectivity index is 0.00000312. The number of nitrogens with one attached hydrogen (secondary N) is 1. The number of ether oxygens (including phenoxy) is 2. The Morgan fingerprint density at radius 3 is 2.24 bits per heavy atom. The molecular weight excluding hydrogens is 429 g/mol. The van der Waals surface area contributed by atoms with E-state index in [2.05, 4.69) is 10.3 Å². The zero-order valence-corrected chi connectivity index (χ0v) is 16.6. The molecule has 2 aromatic carbocycles. The second-order valence-corrected chi connectivity index (χ2v) is 5.26. The highest BCUT2D eigenvalue weighted by Gasteiger charge is 1.95. The third-order valence-corrected chi connectivity index (χ3v) is 3.26. The highest BCUT2D eigenvalue weighted by atomic mass is 127. The Labute approximate surface area is 166 Å². The first-order chi connectivity index (χ1) is 11.8. The van der Waals surface area contributed by atoms with Crippen molar-refractivity contribution in [3.05, 3.63) is 66.2 Å². The average Bonchev–Trinajstić information content (AvgIpc) is 2.62. The summed E-state index contributed by atoms with van der Waals surface area (Å²) in [4.78, 5) is 4.27. The lowest BCUT2D eigenvalue weighted by atomic mass is 10.2. The second-order valence-electron chi connectivity index (χ2n) is 5.26. The van der Waals surface area contributed by atoms with Gasteiger partial charge in [0.05, 0.1) is 19.8 Å². The Kier molecular flexibility index (Phi) is 11.7. The van der Waals surface area contributed by atoms with Gasteiger partial charge in [-0.05, 0) is 24.1 Å². The molecule has 0 radical (unpaired) electrons. The van der Waals surface area contributed by atoms with Gasteiger partial charge in [0.25, 0.3) is 0 Å². The Bertz CT molecular complexity index is 594. The highest BCUT2D eigenvalue weighted by Crippen LogP contribution is 2.03. The van der Waals surface area contributed by atoms with Gasteiger partial charge in [-0.15, -0.1) is 24.0 Å². The lowest BCUT2D eigenvalue weighted by Crippen LogP contribution is -2.22. The molecule has 136 valence electrons. The first-order valence-corrected chi connectivity index (χ1v) is 8.16. The third-order valence-electron chi connectivity index (χ3n) is 3.26. The number of halogens is 1. The Hall–Kier alpha value is -1.64. The van der Waals surface area contributed by atoms with Crippen molar-refractivity contribution in [1.29, 1.82) is 0 Å². The number of benzene rings is 2. The molecule has 0 unspecified atom stereocenters. The van der Waals surface area contributed by atoms with E-state index < -0.39 is 0 Å². The SMILES string of the molecule is I.NC(=NCCCOCCOCc1ccccc1)Nc1ccccc1. The zero-order chi connectivity index (χ0) is 16.9. The molecule has 0 bridgehead atoms. The van der Waals surface area contributed by atoms with Crippen molar-refractivity contribution in [2.45, 2.75) is 13.0 Å². The number of hydrogen-bond donors (Lipinski definition) is 2. The molecule has 0 spiro atoms. The van der Waals surface area contributed by atoms with Crippen LogP contribution in [0.25, 0.3) is 0 Å². The van der Waals surface area contributed by atoms with Crippen LogP contribution < -0.4 is 11.1 Å².